The number of sulfonamides is 1. The summed E-state index contributed by atoms with van der Waals surface area (Å²) in [5.41, 5.74) is 1.67. The molecule has 0 spiro atoms. The second kappa shape index (κ2) is 8.32. The maximum absolute atomic E-state index is 13.0. The number of piperidine rings is 1. The Morgan fingerprint density at radius 1 is 1.32 bits per heavy atom. The first-order chi connectivity index (χ1) is 11.7. The molecule has 1 aromatic rings. The van der Waals surface area contributed by atoms with E-state index < -0.39 is 10.0 Å². The van der Waals surface area contributed by atoms with Gasteiger partial charge in [0.2, 0.25) is 15.9 Å². The number of hydrogen-bond donors (Lipinski definition) is 1. The molecule has 1 atom stereocenters. The first kappa shape index (κ1) is 19.9. The average molecular weight is 367 g/mol. The minimum absolute atomic E-state index is 0.0264. The van der Waals surface area contributed by atoms with Crippen LogP contribution in [-0.4, -0.2) is 38.3 Å². The van der Waals surface area contributed by atoms with Gasteiger partial charge in [-0.2, -0.15) is 4.31 Å². The summed E-state index contributed by atoms with van der Waals surface area (Å²) in [6.07, 6.45) is 2.39. The van der Waals surface area contributed by atoms with Gasteiger partial charge in [0.05, 0.1) is 10.8 Å². The Hall–Kier alpha value is -1.40. The molecule has 1 aliphatic heterocycles. The number of carbonyl (C=O) groups excluding carboxylic acids is 1. The first-order valence-corrected chi connectivity index (χ1v) is 10.5. The van der Waals surface area contributed by atoms with Gasteiger partial charge in [0.15, 0.2) is 0 Å². The molecule has 1 aliphatic rings. The molecule has 0 radical (unpaired) electrons. The van der Waals surface area contributed by atoms with E-state index >= 15 is 0 Å². The minimum Gasteiger partial charge on any atom is -0.356 e. The van der Waals surface area contributed by atoms with Crippen LogP contribution in [0, 0.1) is 25.7 Å². The Morgan fingerprint density at radius 3 is 2.72 bits per heavy atom. The smallest absolute Gasteiger partial charge is 0.243 e. The third kappa shape index (κ3) is 5.05. The van der Waals surface area contributed by atoms with Gasteiger partial charge in [0, 0.05) is 19.6 Å². The number of nitrogens with one attached hydrogen (secondary N) is 1. The summed E-state index contributed by atoms with van der Waals surface area (Å²) in [7, 11) is -3.56. The van der Waals surface area contributed by atoms with E-state index in [4.69, 9.17) is 0 Å². The molecule has 25 heavy (non-hydrogen) atoms. The Bertz CT molecular complexity index is 713. The number of aryl methyl sites for hydroxylation is 2. The van der Waals surface area contributed by atoms with Crippen molar-refractivity contribution in [3.05, 3.63) is 29.3 Å². The second-order valence-corrected chi connectivity index (χ2v) is 9.35. The second-order valence-electron chi connectivity index (χ2n) is 7.44. The van der Waals surface area contributed by atoms with Crippen LogP contribution in [0.5, 0.6) is 0 Å². The lowest BCUT2D eigenvalue weighted by Gasteiger charge is -2.31. The molecule has 0 aliphatic carbocycles. The van der Waals surface area contributed by atoms with Crippen molar-refractivity contribution in [1.82, 2.24) is 9.62 Å². The fourth-order valence-electron chi connectivity index (χ4n) is 3.13. The SMILES string of the molecule is Cc1ccc(C)c(S(=O)(=O)N2CCC[C@@H](C(=O)NCCC(C)C)C2)c1. The van der Waals surface area contributed by atoms with Crippen molar-refractivity contribution in [3.8, 4) is 0 Å². The molecular formula is C19H30N2O3S. The molecule has 6 heteroatoms. The average Bonchev–Trinajstić information content (AvgIpc) is 2.56. The van der Waals surface area contributed by atoms with E-state index in [-0.39, 0.29) is 18.4 Å². The lowest BCUT2D eigenvalue weighted by atomic mass is 9.98. The quantitative estimate of drug-likeness (QED) is 0.842. The maximum Gasteiger partial charge on any atom is 0.243 e. The van der Waals surface area contributed by atoms with Crippen LogP contribution in [0.4, 0.5) is 0 Å². The standard InChI is InChI=1S/C19H30N2O3S/c1-14(2)9-10-20-19(22)17-6-5-11-21(13-17)25(23,24)18-12-15(3)7-8-16(18)4/h7-8,12,14,17H,5-6,9-11,13H2,1-4H3,(H,20,22)/t17-/m1/s1. The predicted octanol–water partition coefficient (Wildman–Crippen LogP) is 2.87. The van der Waals surface area contributed by atoms with Gasteiger partial charge in [0.25, 0.3) is 0 Å². The first-order valence-electron chi connectivity index (χ1n) is 9.07. The third-order valence-corrected chi connectivity index (χ3v) is 6.74. The zero-order chi connectivity index (χ0) is 18.6. The summed E-state index contributed by atoms with van der Waals surface area (Å²) in [6, 6.07) is 5.47. The summed E-state index contributed by atoms with van der Waals surface area (Å²) in [5, 5.41) is 2.96. The highest BCUT2D eigenvalue weighted by atomic mass is 32.2. The molecule has 0 aromatic heterocycles. The number of carbonyl (C=O) groups is 1. The largest absolute Gasteiger partial charge is 0.356 e. The van der Waals surface area contributed by atoms with E-state index in [9.17, 15) is 13.2 Å². The van der Waals surface area contributed by atoms with E-state index in [1.165, 1.54) is 4.31 Å². The molecule has 0 unspecified atom stereocenters. The molecule has 1 aromatic carbocycles. The van der Waals surface area contributed by atoms with Gasteiger partial charge in [-0.1, -0.05) is 26.0 Å². The normalized spacial score (nSPS) is 19.2. The Morgan fingerprint density at radius 2 is 2.04 bits per heavy atom. The van der Waals surface area contributed by atoms with Crippen LogP contribution < -0.4 is 5.32 Å². The predicted molar refractivity (Wildman–Crippen MR) is 99.9 cm³/mol. The van der Waals surface area contributed by atoms with Crippen molar-refractivity contribution >= 4 is 15.9 Å². The van der Waals surface area contributed by atoms with Crippen molar-refractivity contribution in [2.45, 2.75) is 51.9 Å². The molecule has 140 valence electrons. The van der Waals surface area contributed by atoms with Crippen LogP contribution in [0.15, 0.2) is 23.1 Å². The van der Waals surface area contributed by atoms with Gasteiger partial charge in [-0.05, 0) is 56.2 Å². The molecule has 1 saturated heterocycles. The molecule has 2 rings (SSSR count). The van der Waals surface area contributed by atoms with E-state index in [0.717, 1.165) is 24.0 Å². The molecule has 5 nitrogen and oxygen atoms in total. The summed E-state index contributed by atoms with van der Waals surface area (Å²) < 4.78 is 27.5. The number of hydrogen-bond acceptors (Lipinski definition) is 3. The molecule has 1 fully saturated rings. The van der Waals surface area contributed by atoms with Crippen molar-refractivity contribution in [2.24, 2.45) is 11.8 Å². The third-order valence-electron chi connectivity index (χ3n) is 4.74. The summed E-state index contributed by atoms with van der Waals surface area (Å²) in [6.45, 7) is 9.33. The molecule has 1 amide bonds. The van der Waals surface area contributed by atoms with Crippen molar-refractivity contribution in [1.29, 1.82) is 0 Å². The van der Waals surface area contributed by atoms with E-state index in [2.05, 4.69) is 19.2 Å². The lowest BCUT2D eigenvalue weighted by molar-refractivity contribution is -0.126. The highest BCUT2D eigenvalue weighted by molar-refractivity contribution is 7.89. The zero-order valence-electron chi connectivity index (χ0n) is 15.7. The highest BCUT2D eigenvalue weighted by Crippen LogP contribution is 2.26. The number of benzene rings is 1. The van der Waals surface area contributed by atoms with Crippen molar-refractivity contribution < 1.29 is 13.2 Å². The minimum atomic E-state index is -3.56. The van der Waals surface area contributed by atoms with Gasteiger partial charge in [-0.25, -0.2) is 8.42 Å². The molecular weight excluding hydrogens is 336 g/mol. The zero-order valence-corrected chi connectivity index (χ0v) is 16.5. The van der Waals surface area contributed by atoms with Crippen LogP contribution in [0.2, 0.25) is 0 Å². The van der Waals surface area contributed by atoms with Crippen molar-refractivity contribution in [2.75, 3.05) is 19.6 Å². The molecule has 1 N–H and O–H groups in total. The highest BCUT2D eigenvalue weighted by Gasteiger charge is 2.33. The van der Waals surface area contributed by atoms with Gasteiger partial charge in [-0.15, -0.1) is 0 Å². The summed E-state index contributed by atoms with van der Waals surface area (Å²) in [4.78, 5) is 12.7. The molecule has 0 bridgehead atoms. The van der Waals surface area contributed by atoms with Crippen LogP contribution in [0.1, 0.15) is 44.2 Å². The Kier molecular flexibility index (Phi) is 6.63. The fourth-order valence-corrected chi connectivity index (χ4v) is 4.96. The maximum atomic E-state index is 13.0. The topological polar surface area (TPSA) is 66.5 Å². The number of rotatable bonds is 6. The summed E-state index contributed by atoms with van der Waals surface area (Å²) in [5.74, 6) is 0.246. The van der Waals surface area contributed by atoms with Gasteiger partial charge < -0.3 is 5.32 Å². The van der Waals surface area contributed by atoms with E-state index in [1.54, 1.807) is 6.07 Å². The monoisotopic (exact) mass is 366 g/mol. The van der Waals surface area contributed by atoms with E-state index in [0.29, 0.717) is 30.3 Å². The molecule has 0 saturated carbocycles. The summed E-state index contributed by atoms with van der Waals surface area (Å²) >= 11 is 0. The number of nitrogens with zero attached hydrogens (tertiary/aromatic N) is 1. The van der Waals surface area contributed by atoms with Gasteiger partial charge in [0.1, 0.15) is 0 Å². The lowest BCUT2D eigenvalue weighted by Crippen LogP contribution is -2.45. The van der Waals surface area contributed by atoms with Gasteiger partial charge >= 0.3 is 0 Å². The number of amides is 1. The van der Waals surface area contributed by atoms with Crippen molar-refractivity contribution in [3.63, 3.8) is 0 Å². The Labute approximate surface area is 151 Å². The van der Waals surface area contributed by atoms with Crippen LogP contribution >= 0.6 is 0 Å². The van der Waals surface area contributed by atoms with Crippen LogP contribution in [-0.2, 0) is 14.8 Å². The Balaban J connectivity index is 2.09. The van der Waals surface area contributed by atoms with Crippen LogP contribution in [0.25, 0.3) is 0 Å². The van der Waals surface area contributed by atoms with Crippen LogP contribution in [0.3, 0.4) is 0 Å². The van der Waals surface area contributed by atoms with Gasteiger partial charge in [-0.3, -0.25) is 4.79 Å². The fraction of sp³-hybridized carbons (Fsp3) is 0.632. The van der Waals surface area contributed by atoms with E-state index in [1.807, 2.05) is 26.0 Å². The molecule has 1 heterocycles.